The molecule has 10 heteroatoms. The van der Waals surface area contributed by atoms with Crippen molar-refractivity contribution >= 4 is 35.0 Å². The smallest absolute Gasteiger partial charge is 0.283 e. The van der Waals surface area contributed by atoms with Gasteiger partial charge in [-0.3, -0.25) is 19.9 Å². The summed E-state index contributed by atoms with van der Waals surface area (Å²) in [7, 11) is 1.38. The Bertz CT molecular complexity index is 1200. The van der Waals surface area contributed by atoms with Crippen LogP contribution in [-0.4, -0.2) is 46.8 Å². The molecule has 8 nitrogen and oxygen atoms in total. The summed E-state index contributed by atoms with van der Waals surface area (Å²) in [4.78, 5) is 29.9. The number of piperidine rings is 1. The van der Waals surface area contributed by atoms with E-state index in [-0.39, 0.29) is 11.8 Å². The highest BCUT2D eigenvalue weighted by molar-refractivity contribution is 6.35. The maximum absolute atomic E-state index is 13.2. The van der Waals surface area contributed by atoms with E-state index in [9.17, 15) is 9.59 Å². The minimum absolute atomic E-state index is 0.277. The van der Waals surface area contributed by atoms with Crippen LogP contribution in [0, 0.1) is 6.92 Å². The predicted molar refractivity (Wildman–Crippen MR) is 131 cm³/mol. The van der Waals surface area contributed by atoms with Crippen LogP contribution >= 0.6 is 23.2 Å². The maximum atomic E-state index is 13.2. The summed E-state index contributed by atoms with van der Waals surface area (Å²) in [5.74, 6) is -0.637. The van der Waals surface area contributed by atoms with Crippen molar-refractivity contribution in [3.63, 3.8) is 0 Å². The fourth-order valence-electron chi connectivity index (χ4n) is 4.01. The van der Waals surface area contributed by atoms with Crippen LogP contribution < -0.4 is 10.9 Å². The van der Waals surface area contributed by atoms with Crippen molar-refractivity contribution < 1.29 is 14.4 Å². The molecule has 0 atom stereocenters. The van der Waals surface area contributed by atoms with Crippen LogP contribution in [0.4, 0.5) is 0 Å². The number of nitrogens with zero attached hydrogens (tertiary/aromatic N) is 3. The molecule has 0 unspecified atom stereocenters. The molecule has 0 bridgehead atoms. The minimum Gasteiger partial charge on any atom is -0.283 e. The fraction of sp³-hybridized carbons (Fsp3) is 0.292. The van der Waals surface area contributed by atoms with Crippen molar-refractivity contribution in [2.45, 2.75) is 26.2 Å². The average molecular weight is 502 g/mol. The Kier molecular flexibility index (Phi) is 7.53. The normalized spacial score (nSPS) is 14.1. The summed E-state index contributed by atoms with van der Waals surface area (Å²) in [6, 6.07) is 12.0. The highest BCUT2D eigenvalue weighted by Gasteiger charge is 2.25. The second-order valence-electron chi connectivity index (χ2n) is 8.03. The van der Waals surface area contributed by atoms with Gasteiger partial charge in [0.05, 0.1) is 23.5 Å². The van der Waals surface area contributed by atoms with E-state index in [0.29, 0.717) is 38.2 Å². The third-order valence-electron chi connectivity index (χ3n) is 5.71. The zero-order valence-corrected chi connectivity index (χ0v) is 20.4. The van der Waals surface area contributed by atoms with Crippen LogP contribution in [-0.2, 0) is 4.84 Å². The summed E-state index contributed by atoms with van der Waals surface area (Å²) in [6.45, 7) is 3.47. The molecule has 2 aromatic carbocycles. The Balaban J connectivity index is 1.77. The first kappa shape index (κ1) is 24.2. The van der Waals surface area contributed by atoms with E-state index in [1.807, 2.05) is 11.9 Å². The number of amides is 2. The highest BCUT2D eigenvalue weighted by atomic mass is 35.5. The van der Waals surface area contributed by atoms with Crippen molar-refractivity contribution in [2.24, 2.45) is 0 Å². The number of carbonyl (C=O) groups is 2. The van der Waals surface area contributed by atoms with Gasteiger partial charge >= 0.3 is 0 Å². The molecule has 1 aromatic heterocycles. The number of aromatic nitrogens is 2. The van der Waals surface area contributed by atoms with Gasteiger partial charge in [-0.15, -0.1) is 0 Å². The molecule has 3 aromatic rings. The first-order valence-electron chi connectivity index (χ1n) is 10.9. The molecule has 1 fully saturated rings. The third-order valence-corrected chi connectivity index (χ3v) is 6.24. The molecule has 2 N–H and O–H groups in total. The molecule has 0 spiro atoms. The lowest BCUT2D eigenvalue weighted by atomic mass is 10.0. The number of nitrogens with one attached hydrogen (secondary N) is 2. The predicted octanol–water partition coefficient (Wildman–Crippen LogP) is 4.58. The molecule has 1 aliphatic heterocycles. The Morgan fingerprint density at radius 1 is 1.00 bits per heavy atom. The van der Waals surface area contributed by atoms with Crippen molar-refractivity contribution in [1.82, 2.24) is 25.7 Å². The first-order chi connectivity index (χ1) is 16.4. The van der Waals surface area contributed by atoms with Gasteiger partial charge in [0.15, 0.2) is 5.69 Å². The van der Waals surface area contributed by atoms with E-state index in [4.69, 9.17) is 28.0 Å². The van der Waals surface area contributed by atoms with Gasteiger partial charge in [-0.2, -0.15) is 5.10 Å². The van der Waals surface area contributed by atoms with E-state index in [1.165, 1.54) is 7.11 Å². The summed E-state index contributed by atoms with van der Waals surface area (Å²) < 4.78 is 1.64. The number of hydrazine groups is 1. The largest absolute Gasteiger partial charge is 0.286 e. The zero-order valence-electron chi connectivity index (χ0n) is 18.9. The summed E-state index contributed by atoms with van der Waals surface area (Å²) >= 11 is 12.6. The van der Waals surface area contributed by atoms with Gasteiger partial charge in [-0.1, -0.05) is 41.8 Å². The molecular weight excluding hydrogens is 477 g/mol. The molecule has 1 aliphatic rings. The molecule has 0 radical (unpaired) electrons. The zero-order chi connectivity index (χ0) is 24.2. The van der Waals surface area contributed by atoms with Gasteiger partial charge < -0.3 is 0 Å². The Labute approximate surface area is 207 Å². The van der Waals surface area contributed by atoms with Gasteiger partial charge in [-0.25, -0.2) is 15.2 Å². The van der Waals surface area contributed by atoms with Gasteiger partial charge in [-0.05, 0) is 50.1 Å². The van der Waals surface area contributed by atoms with Crippen LogP contribution in [0.3, 0.4) is 0 Å². The maximum Gasteiger partial charge on any atom is 0.286 e. The van der Waals surface area contributed by atoms with Gasteiger partial charge in [0.1, 0.15) is 0 Å². The molecule has 178 valence electrons. The quantitative estimate of drug-likeness (QED) is 0.482. The van der Waals surface area contributed by atoms with E-state index in [2.05, 4.69) is 16.0 Å². The number of carbonyl (C=O) groups excluding carboxylic acids is 2. The Morgan fingerprint density at radius 3 is 2.35 bits per heavy atom. The number of benzene rings is 2. The Hall–Kier alpha value is -2.91. The van der Waals surface area contributed by atoms with Crippen LogP contribution in [0.5, 0.6) is 0 Å². The molecule has 0 saturated carbocycles. The van der Waals surface area contributed by atoms with Crippen LogP contribution in [0.25, 0.3) is 16.9 Å². The van der Waals surface area contributed by atoms with E-state index in [0.717, 1.165) is 37.9 Å². The summed E-state index contributed by atoms with van der Waals surface area (Å²) in [6.07, 6.45) is 3.25. The van der Waals surface area contributed by atoms with Crippen LogP contribution in [0.15, 0.2) is 42.5 Å². The van der Waals surface area contributed by atoms with E-state index in [1.54, 1.807) is 47.1 Å². The van der Waals surface area contributed by atoms with Crippen LogP contribution in [0.2, 0.25) is 10.0 Å². The second kappa shape index (κ2) is 10.6. The number of halogens is 2. The lowest BCUT2D eigenvalue weighted by Gasteiger charge is -2.26. The van der Waals surface area contributed by atoms with Gasteiger partial charge in [0.25, 0.3) is 11.8 Å². The third kappa shape index (κ3) is 5.10. The fourth-order valence-corrected chi connectivity index (χ4v) is 4.50. The lowest BCUT2D eigenvalue weighted by molar-refractivity contribution is 0.0537. The molecule has 2 heterocycles. The van der Waals surface area contributed by atoms with Crippen molar-refractivity contribution in [1.29, 1.82) is 0 Å². The highest BCUT2D eigenvalue weighted by Crippen LogP contribution is 2.33. The molecule has 4 rings (SSSR count). The Morgan fingerprint density at radius 2 is 1.71 bits per heavy atom. The standard InChI is InChI=1S/C24H25Cl2N5O3/c1-15-21(24(33)28-30-12-4-3-5-13-30)27-31(20-11-10-18(25)14-19(20)26)22(15)16-6-8-17(9-7-16)23(32)29-34-2/h6-11,14H,3-5,12-13H2,1-2H3,(H,28,33)(H,29,32). The van der Waals surface area contributed by atoms with Gasteiger partial charge in [0, 0.05) is 34.8 Å². The SMILES string of the molecule is CONC(=O)c1ccc(-c2c(C)c(C(=O)NN3CCCCC3)nn2-c2ccc(Cl)cc2Cl)cc1. The monoisotopic (exact) mass is 501 g/mol. The molecule has 0 aliphatic carbocycles. The topological polar surface area (TPSA) is 88.5 Å². The number of hydrogen-bond donors (Lipinski definition) is 2. The second-order valence-corrected chi connectivity index (χ2v) is 8.87. The van der Waals surface area contributed by atoms with E-state index >= 15 is 0 Å². The first-order valence-corrected chi connectivity index (χ1v) is 11.7. The summed E-state index contributed by atoms with van der Waals surface area (Å²) in [5.41, 5.74) is 8.73. The van der Waals surface area contributed by atoms with Crippen LogP contribution in [0.1, 0.15) is 45.7 Å². The molecule has 1 saturated heterocycles. The van der Waals surface area contributed by atoms with Gasteiger partial charge in [0.2, 0.25) is 0 Å². The summed E-state index contributed by atoms with van der Waals surface area (Å²) in [5, 5.41) is 7.48. The lowest BCUT2D eigenvalue weighted by Crippen LogP contribution is -2.45. The molecule has 34 heavy (non-hydrogen) atoms. The average Bonchev–Trinajstić information content (AvgIpc) is 3.17. The van der Waals surface area contributed by atoms with E-state index < -0.39 is 0 Å². The van der Waals surface area contributed by atoms with Crippen molar-refractivity contribution in [2.75, 3.05) is 20.2 Å². The number of rotatable bonds is 6. The number of hydrogen-bond acceptors (Lipinski definition) is 5. The number of hydroxylamine groups is 1. The van der Waals surface area contributed by atoms with Crippen molar-refractivity contribution in [3.8, 4) is 16.9 Å². The molecule has 2 amide bonds. The van der Waals surface area contributed by atoms with Crippen molar-refractivity contribution in [3.05, 3.63) is 69.3 Å². The molecular formula is C24H25Cl2N5O3. The minimum atomic E-state index is -0.360.